The van der Waals surface area contributed by atoms with Gasteiger partial charge in [-0.25, -0.2) is 4.39 Å². The van der Waals surface area contributed by atoms with E-state index in [1.807, 2.05) is 58.2 Å². The fourth-order valence-electron chi connectivity index (χ4n) is 6.39. The number of nitrogens with two attached hydrogens (primary N) is 3. The number of aromatic nitrogens is 1. The monoisotopic (exact) mass is 812 g/mol. The smallest absolute Gasteiger partial charge is 0.306 e. The van der Waals surface area contributed by atoms with Crippen LogP contribution in [0.5, 0.6) is 0 Å². The van der Waals surface area contributed by atoms with E-state index >= 15 is 0 Å². The van der Waals surface area contributed by atoms with Gasteiger partial charge in [0.05, 0.1) is 24.3 Å². The Kier molecular flexibility index (Phi) is 22.3. The predicted octanol–water partition coefficient (Wildman–Crippen LogP) is 4.06. The maximum Gasteiger partial charge on any atom is 0.306 e. The minimum Gasteiger partial charge on any atom is -0.463 e. The van der Waals surface area contributed by atoms with Crippen molar-refractivity contribution in [1.29, 1.82) is 0 Å². The molecular weight excluding hydrogens is 746 g/mol. The molecule has 0 spiro atoms. The second kappa shape index (κ2) is 26.2. The highest BCUT2D eigenvalue weighted by atomic mass is 19.1. The van der Waals surface area contributed by atoms with Crippen LogP contribution in [0.4, 0.5) is 4.39 Å². The third-order valence-electron chi connectivity index (χ3n) is 9.19. The average molecular weight is 812 g/mol. The van der Waals surface area contributed by atoms with Crippen molar-refractivity contribution < 1.29 is 37.8 Å². The van der Waals surface area contributed by atoms with Gasteiger partial charge in [0.15, 0.2) is 0 Å². The van der Waals surface area contributed by atoms with Gasteiger partial charge >= 0.3 is 5.97 Å². The average Bonchev–Trinajstić information content (AvgIpc) is 3.49. The van der Waals surface area contributed by atoms with Crippen LogP contribution in [-0.4, -0.2) is 77.7 Å². The van der Waals surface area contributed by atoms with Crippen molar-refractivity contribution in [3.63, 3.8) is 0 Å². The van der Waals surface area contributed by atoms with Crippen molar-refractivity contribution in [3.05, 3.63) is 71.2 Å². The van der Waals surface area contributed by atoms with Crippen LogP contribution in [0, 0.1) is 5.82 Å². The molecule has 58 heavy (non-hydrogen) atoms. The summed E-state index contributed by atoms with van der Waals surface area (Å²) < 4.78 is 27.3. The highest BCUT2D eigenvalue weighted by molar-refractivity contribution is 5.91. The van der Waals surface area contributed by atoms with Crippen molar-refractivity contribution in [2.24, 2.45) is 17.2 Å². The molecule has 1 aromatic heterocycles. The van der Waals surface area contributed by atoms with Crippen LogP contribution in [0.2, 0.25) is 0 Å². The van der Waals surface area contributed by atoms with E-state index in [0.717, 1.165) is 60.9 Å². The predicted molar refractivity (Wildman–Crippen MR) is 224 cm³/mol. The summed E-state index contributed by atoms with van der Waals surface area (Å²) in [6.07, 6.45) is 7.85. The molecule has 2 bridgehead atoms. The summed E-state index contributed by atoms with van der Waals surface area (Å²) in [4.78, 5) is 59.6. The maximum atomic E-state index is 14.5. The van der Waals surface area contributed by atoms with Gasteiger partial charge in [-0.1, -0.05) is 51.0 Å². The molecule has 322 valence electrons. The summed E-state index contributed by atoms with van der Waals surface area (Å²) in [5.41, 5.74) is 19.8. The molecule has 2 aromatic carbocycles. The van der Waals surface area contributed by atoms with Crippen molar-refractivity contribution in [2.45, 2.75) is 143 Å². The molecule has 4 rings (SSSR count). The number of ether oxygens (including phenoxy) is 2. The first-order valence-corrected chi connectivity index (χ1v) is 20.3. The van der Waals surface area contributed by atoms with Gasteiger partial charge in [-0.15, -0.1) is 0 Å². The Morgan fingerprint density at radius 1 is 1.00 bits per heavy atom. The highest BCUT2D eigenvalue weighted by Crippen LogP contribution is 2.25. The summed E-state index contributed by atoms with van der Waals surface area (Å²) in [5.74, 6) is -1.95. The van der Waals surface area contributed by atoms with E-state index < -0.39 is 36.0 Å². The molecule has 1 aliphatic heterocycles. The molecule has 3 aromatic rings. The van der Waals surface area contributed by atoms with Crippen LogP contribution >= 0.6 is 0 Å². The van der Waals surface area contributed by atoms with Gasteiger partial charge in [0, 0.05) is 50.0 Å². The highest BCUT2D eigenvalue weighted by Gasteiger charge is 2.29. The lowest BCUT2D eigenvalue weighted by atomic mass is 10.0. The van der Waals surface area contributed by atoms with Gasteiger partial charge < -0.3 is 47.2 Å². The minimum atomic E-state index is -0.985. The number of benzene rings is 2. The number of nitrogens with zero attached hydrogens (tertiary/aromatic N) is 1. The van der Waals surface area contributed by atoms with Crippen LogP contribution in [0.15, 0.2) is 48.7 Å². The first kappa shape index (κ1) is 49.3. The van der Waals surface area contributed by atoms with E-state index in [1.54, 1.807) is 13.0 Å². The van der Waals surface area contributed by atoms with Crippen LogP contribution in [0.3, 0.4) is 0 Å². The molecule has 0 radical (unpaired) electrons. The van der Waals surface area contributed by atoms with E-state index in [2.05, 4.69) is 26.3 Å². The fourth-order valence-corrected chi connectivity index (χ4v) is 6.39. The van der Waals surface area contributed by atoms with Gasteiger partial charge in [0.1, 0.15) is 18.5 Å². The summed E-state index contributed by atoms with van der Waals surface area (Å²) in [6, 6.07) is 9.80. The first-order valence-electron chi connectivity index (χ1n) is 20.3. The number of unbranched alkanes of at least 4 members (excludes halogenated alkanes) is 3. The third-order valence-corrected chi connectivity index (χ3v) is 9.19. The molecule has 4 atom stereocenters. The largest absolute Gasteiger partial charge is 0.463 e. The zero-order chi connectivity index (χ0) is 43.2. The molecule has 4 amide bonds. The molecule has 1 aliphatic rings. The number of hydrogen-bond acceptors (Lipinski definition) is 9. The summed E-state index contributed by atoms with van der Waals surface area (Å²) in [6.45, 7) is 12.3. The Morgan fingerprint density at radius 3 is 2.34 bits per heavy atom. The van der Waals surface area contributed by atoms with Crippen molar-refractivity contribution in [3.8, 4) is 0 Å². The second-order valence-corrected chi connectivity index (χ2v) is 14.8. The molecular formula is C43H66FN7O7. The lowest BCUT2D eigenvalue weighted by molar-refractivity contribution is -0.147. The van der Waals surface area contributed by atoms with E-state index in [0.29, 0.717) is 31.3 Å². The fraction of sp³-hybridized carbons (Fsp3) is 0.558. The van der Waals surface area contributed by atoms with E-state index in [-0.39, 0.29) is 49.2 Å². The number of carbonyl (C=O) groups is 5. The van der Waals surface area contributed by atoms with Gasteiger partial charge in [0.25, 0.3) is 0 Å². The second-order valence-electron chi connectivity index (χ2n) is 14.8. The molecule has 15 heteroatoms. The van der Waals surface area contributed by atoms with Crippen LogP contribution in [0.25, 0.3) is 10.9 Å². The summed E-state index contributed by atoms with van der Waals surface area (Å²) >= 11 is 0. The molecule has 14 nitrogen and oxygen atoms in total. The number of hydrogen-bond donors (Lipinski definition) is 6. The van der Waals surface area contributed by atoms with Gasteiger partial charge in [0.2, 0.25) is 23.6 Å². The Labute approximate surface area is 342 Å². The topological polar surface area (TPSA) is 223 Å². The molecule has 0 fully saturated rings. The number of carbonyl (C=O) groups excluding carboxylic acids is 5. The Balaban J connectivity index is 0.000000769. The zero-order valence-corrected chi connectivity index (χ0v) is 35.1. The summed E-state index contributed by atoms with van der Waals surface area (Å²) in [5, 5.41) is 9.41. The lowest BCUT2D eigenvalue weighted by Gasteiger charge is -2.27. The zero-order valence-electron chi connectivity index (χ0n) is 35.1. The normalized spacial score (nSPS) is 19.0. The third kappa shape index (κ3) is 18.2. The number of fused-ring (bicyclic) bond motifs is 3. The number of esters is 1. The van der Waals surface area contributed by atoms with Crippen LogP contribution < -0.4 is 33.2 Å². The van der Waals surface area contributed by atoms with Crippen molar-refractivity contribution >= 4 is 40.5 Å². The standard InChI is InChI=1S/C34H47FN6O4.C7H14O2.C2H5NO/c1-3-31-22(2)39-34(44)29(17-25-20-41(14-7-5-4-6-13-36)30-12-11-26(35)18-27(25)30)40-33(43)28(37)16-23-9-8-10-24(15-23)19-38-32(42)21-45-31;1-4-5-7(8)9-6(2)3;1-2(3)4/h8-12,15,18,20,22,28-29,31H,3-7,13-14,16-17,19,21,36-37H2,1-2H3,(H,38,42)(H,39,44)(H,40,43);6H,4-5H2,1-3H3;1H3,(H2,3,4)/t22?,28?,29-,31?;;/m0../s1. The Bertz CT molecular complexity index is 1760. The lowest BCUT2D eigenvalue weighted by Crippen LogP contribution is -2.55. The quantitative estimate of drug-likeness (QED) is 0.115. The molecule has 2 heterocycles. The summed E-state index contributed by atoms with van der Waals surface area (Å²) in [7, 11) is 0. The van der Waals surface area contributed by atoms with Crippen LogP contribution in [-0.2, 0) is 59.4 Å². The number of amides is 4. The Hall–Kier alpha value is -4.86. The first-order chi connectivity index (χ1) is 27.6. The van der Waals surface area contributed by atoms with Crippen molar-refractivity contribution in [1.82, 2.24) is 20.5 Å². The van der Waals surface area contributed by atoms with Gasteiger partial charge in [-0.3, -0.25) is 24.0 Å². The van der Waals surface area contributed by atoms with Gasteiger partial charge in [-0.05, 0) is 94.3 Å². The van der Waals surface area contributed by atoms with Gasteiger partial charge in [-0.2, -0.15) is 0 Å². The molecule has 9 N–H and O–H groups in total. The Morgan fingerprint density at radius 2 is 1.69 bits per heavy atom. The SMILES string of the molecule is CC(N)=O.CCC1OCC(=O)NCc2cccc(c2)CC(N)C(=O)N[C@@H](Cc2cn(CCCCCCN)c3ccc(F)cc23)C(=O)NC1C.CCCC(=O)OC(C)C. The van der Waals surface area contributed by atoms with E-state index in [9.17, 15) is 28.4 Å². The number of primary amides is 1. The number of nitrogens with one attached hydrogen (secondary N) is 3. The molecule has 0 saturated heterocycles. The molecule has 3 unspecified atom stereocenters. The molecule has 0 aliphatic carbocycles. The van der Waals surface area contributed by atoms with Crippen LogP contribution in [0.1, 0.15) is 103 Å². The number of halogens is 1. The van der Waals surface area contributed by atoms with E-state index in [4.69, 9.17) is 20.9 Å². The van der Waals surface area contributed by atoms with Crippen molar-refractivity contribution in [2.75, 3.05) is 13.2 Å². The molecule has 0 saturated carbocycles. The minimum absolute atomic E-state index is 0.0315. The number of rotatable bonds is 12. The van der Waals surface area contributed by atoms with E-state index in [1.165, 1.54) is 19.1 Å². The maximum absolute atomic E-state index is 14.5. The number of aryl methyl sites for hydroxylation is 1.